The van der Waals surface area contributed by atoms with Crippen LogP contribution in [0.1, 0.15) is 111 Å². The summed E-state index contributed by atoms with van der Waals surface area (Å²) in [5.74, 6) is 0. The molecule has 0 rings (SSSR count). The van der Waals surface area contributed by atoms with E-state index in [0.29, 0.717) is 13.2 Å². The van der Waals surface area contributed by atoms with Gasteiger partial charge in [-0.2, -0.15) is 0 Å². The molecule has 3 nitrogen and oxygen atoms in total. The van der Waals surface area contributed by atoms with Gasteiger partial charge in [-0.15, -0.1) is 0 Å². The average Bonchev–Trinajstić information content (AvgIpc) is 2.65. The van der Waals surface area contributed by atoms with E-state index in [1.165, 1.54) is 77.0 Å². The number of ether oxygens (including phenoxy) is 1. The number of aliphatic hydroxyl groups is 1. The summed E-state index contributed by atoms with van der Waals surface area (Å²) in [5.41, 5.74) is 0. The summed E-state index contributed by atoms with van der Waals surface area (Å²) in [4.78, 5) is 0. The smallest absolute Gasteiger partial charge is 0.192 e. The summed E-state index contributed by atoms with van der Waals surface area (Å²) in [6, 6.07) is 0. The summed E-state index contributed by atoms with van der Waals surface area (Å²) in [7, 11) is -1.79. The fourth-order valence-corrected chi connectivity index (χ4v) is 4.02. The van der Waals surface area contributed by atoms with Crippen molar-refractivity contribution in [1.29, 1.82) is 0 Å². The van der Waals surface area contributed by atoms with Crippen molar-refractivity contribution >= 4 is 8.32 Å². The molecule has 0 saturated heterocycles. The highest BCUT2D eigenvalue weighted by molar-refractivity contribution is 6.74. The number of hydrogen-bond donors (Lipinski definition) is 1. The van der Waals surface area contributed by atoms with Gasteiger partial charge in [0.2, 0.25) is 0 Å². The van der Waals surface area contributed by atoms with E-state index in [1.54, 1.807) is 6.26 Å². The van der Waals surface area contributed by atoms with Crippen LogP contribution in [0.5, 0.6) is 0 Å². The third-order valence-corrected chi connectivity index (χ3v) is 10.6. The molecule has 0 aliphatic heterocycles. The predicted molar refractivity (Wildman–Crippen MR) is 130 cm³/mol. The number of hydrogen-bond acceptors (Lipinski definition) is 3. The highest BCUT2D eigenvalue weighted by Gasteiger charge is 2.37. The van der Waals surface area contributed by atoms with Crippen LogP contribution in [-0.2, 0) is 9.16 Å². The third-order valence-electron chi connectivity index (χ3n) is 6.15. The molecular weight excluding hydrogens is 376 g/mol. The molecule has 0 aromatic carbocycles. The van der Waals surface area contributed by atoms with Gasteiger partial charge in [-0.3, -0.25) is 0 Å². The Hall–Kier alpha value is -0.323. The Kier molecular flexibility index (Phi) is 17.2. The van der Waals surface area contributed by atoms with Crippen molar-refractivity contribution in [2.75, 3.05) is 13.2 Å². The molecule has 0 saturated carbocycles. The summed E-state index contributed by atoms with van der Waals surface area (Å²) in [6.07, 6.45) is 20.9. The van der Waals surface area contributed by atoms with Gasteiger partial charge in [-0.1, -0.05) is 98.3 Å². The molecule has 1 N–H and O–H groups in total. The monoisotopic (exact) mass is 428 g/mol. The van der Waals surface area contributed by atoms with Crippen molar-refractivity contribution in [3.63, 3.8) is 0 Å². The van der Waals surface area contributed by atoms with Gasteiger partial charge >= 0.3 is 0 Å². The van der Waals surface area contributed by atoms with Crippen LogP contribution in [0.25, 0.3) is 0 Å². The SMILES string of the molecule is CCCCCCCCCCCCCCC=COCC(O)CO[Si](C)(C)C(C)(C)C. The van der Waals surface area contributed by atoms with Crippen LogP contribution in [0, 0.1) is 0 Å². The molecule has 1 unspecified atom stereocenters. The first-order valence-corrected chi connectivity index (χ1v) is 15.2. The molecule has 0 aliphatic carbocycles. The average molecular weight is 429 g/mol. The zero-order chi connectivity index (χ0) is 22.0. The van der Waals surface area contributed by atoms with E-state index in [-0.39, 0.29) is 5.04 Å². The molecule has 29 heavy (non-hydrogen) atoms. The summed E-state index contributed by atoms with van der Waals surface area (Å²) in [5, 5.41) is 10.2. The van der Waals surface area contributed by atoms with Gasteiger partial charge in [0, 0.05) is 0 Å². The molecule has 0 aromatic rings. The standard InChI is InChI=1S/C25H52O3Si/c1-7-8-9-10-11-12-13-14-15-16-17-18-19-20-21-27-22-24(26)23-28-29(5,6)25(2,3)4/h20-21,24,26H,7-19,22-23H2,1-6H3. The van der Waals surface area contributed by atoms with Crippen molar-refractivity contribution < 1.29 is 14.3 Å². The summed E-state index contributed by atoms with van der Waals surface area (Å²) in [6.45, 7) is 14.0. The number of aliphatic hydroxyl groups excluding tert-OH is 1. The van der Waals surface area contributed by atoms with Gasteiger partial charge in [0.25, 0.3) is 0 Å². The van der Waals surface area contributed by atoms with Crippen molar-refractivity contribution in [3.05, 3.63) is 12.3 Å². The zero-order valence-electron chi connectivity index (χ0n) is 20.6. The second kappa shape index (κ2) is 17.4. The Morgan fingerprint density at radius 3 is 1.76 bits per heavy atom. The van der Waals surface area contributed by atoms with E-state index in [4.69, 9.17) is 9.16 Å². The molecule has 0 fully saturated rings. The van der Waals surface area contributed by atoms with Crippen LogP contribution in [-0.4, -0.2) is 32.7 Å². The molecule has 0 spiro atoms. The first-order chi connectivity index (χ1) is 13.7. The molecule has 174 valence electrons. The van der Waals surface area contributed by atoms with Gasteiger partial charge in [0.1, 0.15) is 12.7 Å². The van der Waals surface area contributed by atoms with E-state index in [0.717, 1.165) is 6.42 Å². The Bertz CT molecular complexity index is 388. The van der Waals surface area contributed by atoms with Gasteiger partial charge in [0.05, 0.1) is 12.9 Å². The molecular formula is C25H52O3Si. The summed E-state index contributed by atoms with van der Waals surface area (Å²) < 4.78 is 11.5. The molecule has 0 heterocycles. The fourth-order valence-electron chi connectivity index (χ4n) is 2.98. The van der Waals surface area contributed by atoms with Crippen molar-refractivity contribution in [2.45, 2.75) is 135 Å². The lowest BCUT2D eigenvalue weighted by Gasteiger charge is -2.36. The maximum Gasteiger partial charge on any atom is 0.192 e. The van der Waals surface area contributed by atoms with Crippen molar-refractivity contribution in [2.24, 2.45) is 0 Å². The van der Waals surface area contributed by atoms with Crippen molar-refractivity contribution in [1.82, 2.24) is 0 Å². The lowest BCUT2D eigenvalue weighted by Crippen LogP contribution is -2.43. The van der Waals surface area contributed by atoms with Crippen LogP contribution >= 0.6 is 0 Å². The second-order valence-electron chi connectivity index (χ2n) is 10.1. The molecule has 0 bridgehead atoms. The van der Waals surface area contributed by atoms with Gasteiger partial charge in [-0.25, -0.2) is 0 Å². The van der Waals surface area contributed by atoms with Crippen LogP contribution in [0.2, 0.25) is 18.1 Å². The van der Waals surface area contributed by atoms with Crippen molar-refractivity contribution in [3.8, 4) is 0 Å². The normalized spacial score (nSPS) is 13.9. The predicted octanol–water partition coefficient (Wildman–Crippen LogP) is 7.99. The van der Waals surface area contributed by atoms with Gasteiger partial charge < -0.3 is 14.3 Å². The number of allylic oxidation sites excluding steroid dienone is 1. The summed E-state index contributed by atoms with van der Waals surface area (Å²) >= 11 is 0. The lowest BCUT2D eigenvalue weighted by molar-refractivity contribution is 0.0419. The molecule has 0 radical (unpaired) electrons. The van der Waals surface area contributed by atoms with E-state index in [1.807, 2.05) is 0 Å². The lowest BCUT2D eigenvalue weighted by atomic mass is 10.0. The minimum Gasteiger partial charge on any atom is -0.499 e. The van der Waals surface area contributed by atoms with E-state index in [9.17, 15) is 5.11 Å². The zero-order valence-corrected chi connectivity index (χ0v) is 21.6. The van der Waals surface area contributed by atoms with Crippen LogP contribution in [0.15, 0.2) is 12.3 Å². The van der Waals surface area contributed by atoms with E-state index in [2.05, 4.69) is 46.9 Å². The quantitative estimate of drug-likeness (QED) is 0.129. The topological polar surface area (TPSA) is 38.7 Å². The maximum atomic E-state index is 10.0. The van der Waals surface area contributed by atoms with Crippen LogP contribution in [0.4, 0.5) is 0 Å². The van der Waals surface area contributed by atoms with E-state index < -0.39 is 14.4 Å². The van der Waals surface area contributed by atoms with Gasteiger partial charge in [0.15, 0.2) is 8.32 Å². The largest absolute Gasteiger partial charge is 0.499 e. The number of unbranched alkanes of at least 4 members (excludes halogenated alkanes) is 12. The Morgan fingerprint density at radius 2 is 1.28 bits per heavy atom. The second-order valence-corrected chi connectivity index (χ2v) is 14.9. The minimum atomic E-state index is -1.79. The first-order valence-electron chi connectivity index (χ1n) is 12.3. The molecule has 0 aromatic heterocycles. The Morgan fingerprint density at radius 1 is 0.793 bits per heavy atom. The maximum absolute atomic E-state index is 10.0. The number of rotatable bonds is 19. The molecule has 0 amide bonds. The van der Waals surface area contributed by atoms with Crippen LogP contribution < -0.4 is 0 Å². The van der Waals surface area contributed by atoms with Gasteiger partial charge in [-0.05, 0) is 37.0 Å². The van der Waals surface area contributed by atoms with Crippen LogP contribution in [0.3, 0.4) is 0 Å². The third kappa shape index (κ3) is 17.1. The first kappa shape index (κ1) is 28.7. The fraction of sp³-hybridized carbons (Fsp3) is 0.920. The molecule has 4 heteroatoms. The highest BCUT2D eigenvalue weighted by atomic mass is 28.4. The highest BCUT2D eigenvalue weighted by Crippen LogP contribution is 2.36. The molecule has 1 atom stereocenters. The molecule has 0 aliphatic rings. The Labute approximate surface area is 183 Å². The minimum absolute atomic E-state index is 0.168. The van der Waals surface area contributed by atoms with E-state index >= 15 is 0 Å². The Balaban J connectivity index is 3.44.